The molecule has 1 aliphatic rings. The van der Waals surface area contributed by atoms with Gasteiger partial charge in [-0.25, -0.2) is 4.79 Å². The standard InChI is InChI=1S/C22H24N2O3/c1-22(26-2)12-13-24(21(25)27-16-18-6-4-3-5-7-18)20(14-22)19-10-8-17(15-23)9-11-19/h3-11,20H,12-14,16H2,1-2H3. The highest BCUT2D eigenvalue weighted by molar-refractivity contribution is 5.68. The van der Waals surface area contributed by atoms with Gasteiger partial charge in [-0.2, -0.15) is 5.26 Å². The van der Waals surface area contributed by atoms with Gasteiger partial charge in [0.1, 0.15) is 6.61 Å². The van der Waals surface area contributed by atoms with Crippen LogP contribution < -0.4 is 0 Å². The number of piperidine rings is 1. The molecule has 0 aromatic heterocycles. The quantitative estimate of drug-likeness (QED) is 0.805. The molecule has 0 radical (unpaired) electrons. The van der Waals surface area contributed by atoms with Gasteiger partial charge in [0, 0.05) is 20.1 Å². The van der Waals surface area contributed by atoms with Crippen molar-refractivity contribution in [3.63, 3.8) is 0 Å². The van der Waals surface area contributed by atoms with Crippen molar-refractivity contribution in [1.82, 2.24) is 4.90 Å². The van der Waals surface area contributed by atoms with Crippen LogP contribution in [0.1, 0.15) is 42.5 Å². The monoisotopic (exact) mass is 364 g/mol. The predicted octanol–water partition coefficient (Wildman–Crippen LogP) is 4.44. The number of benzene rings is 2. The first-order valence-electron chi connectivity index (χ1n) is 9.07. The largest absolute Gasteiger partial charge is 0.445 e. The second-order valence-corrected chi connectivity index (χ2v) is 7.09. The number of carbonyl (C=O) groups excluding carboxylic acids is 1. The third-order valence-corrected chi connectivity index (χ3v) is 5.24. The van der Waals surface area contributed by atoms with Gasteiger partial charge in [-0.15, -0.1) is 0 Å². The zero-order chi connectivity index (χ0) is 19.3. The van der Waals surface area contributed by atoms with E-state index in [0.29, 0.717) is 18.5 Å². The molecule has 2 aromatic carbocycles. The van der Waals surface area contributed by atoms with Crippen molar-refractivity contribution in [3.8, 4) is 6.07 Å². The number of nitriles is 1. The molecule has 5 heteroatoms. The summed E-state index contributed by atoms with van der Waals surface area (Å²) in [6, 6.07) is 19.0. The molecule has 0 N–H and O–H groups in total. The molecule has 1 saturated heterocycles. The van der Waals surface area contributed by atoms with Crippen molar-refractivity contribution in [2.45, 2.75) is 38.0 Å². The average Bonchev–Trinajstić information content (AvgIpc) is 2.73. The maximum atomic E-state index is 12.8. The Kier molecular flexibility index (Phi) is 5.78. The van der Waals surface area contributed by atoms with Crippen molar-refractivity contribution in [3.05, 3.63) is 71.3 Å². The minimum atomic E-state index is -0.327. The number of hydrogen-bond donors (Lipinski definition) is 0. The van der Waals surface area contributed by atoms with E-state index < -0.39 is 0 Å². The van der Waals surface area contributed by atoms with Crippen molar-refractivity contribution in [2.24, 2.45) is 0 Å². The summed E-state index contributed by atoms with van der Waals surface area (Å²) in [4.78, 5) is 14.6. The summed E-state index contributed by atoms with van der Waals surface area (Å²) in [6.07, 6.45) is 1.10. The smallest absolute Gasteiger partial charge is 0.410 e. The molecule has 1 aliphatic heterocycles. The molecule has 3 rings (SSSR count). The van der Waals surface area contributed by atoms with Crippen LogP contribution in [0, 0.1) is 11.3 Å². The van der Waals surface area contributed by atoms with E-state index >= 15 is 0 Å². The highest BCUT2D eigenvalue weighted by Crippen LogP contribution is 2.38. The molecule has 0 spiro atoms. The Morgan fingerprint density at radius 2 is 1.93 bits per heavy atom. The van der Waals surface area contributed by atoms with Gasteiger partial charge in [0.15, 0.2) is 0 Å². The number of ether oxygens (including phenoxy) is 2. The maximum Gasteiger partial charge on any atom is 0.410 e. The fraction of sp³-hybridized carbons (Fsp3) is 0.364. The van der Waals surface area contributed by atoms with E-state index in [1.54, 1.807) is 24.1 Å². The lowest BCUT2D eigenvalue weighted by Crippen LogP contribution is -2.48. The number of rotatable bonds is 4. The Morgan fingerprint density at radius 1 is 1.22 bits per heavy atom. The van der Waals surface area contributed by atoms with Gasteiger partial charge in [-0.05, 0) is 36.6 Å². The Labute approximate surface area is 160 Å². The number of amides is 1. The van der Waals surface area contributed by atoms with E-state index in [1.807, 2.05) is 42.5 Å². The van der Waals surface area contributed by atoms with Gasteiger partial charge in [0.25, 0.3) is 0 Å². The first-order chi connectivity index (χ1) is 13.0. The second-order valence-electron chi connectivity index (χ2n) is 7.09. The minimum absolute atomic E-state index is 0.153. The van der Waals surface area contributed by atoms with Gasteiger partial charge in [-0.1, -0.05) is 42.5 Å². The van der Waals surface area contributed by atoms with Crippen LogP contribution in [0.4, 0.5) is 4.79 Å². The van der Waals surface area contributed by atoms with Crippen LogP contribution in [0.5, 0.6) is 0 Å². The van der Waals surface area contributed by atoms with E-state index in [2.05, 4.69) is 13.0 Å². The van der Waals surface area contributed by atoms with Crippen LogP contribution in [-0.2, 0) is 16.1 Å². The number of methoxy groups -OCH3 is 1. The van der Waals surface area contributed by atoms with Crippen LogP contribution in [-0.4, -0.2) is 30.2 Å². The first-order valence-corrected chi connectivity index (χ1v) is 9.07. The van der Waals surface area contributed by atoms with E-state index in [4.69, 9.17) is 14.7 Å². The third kappa shape index (κ3) is 4.47. The Balaban J connectivity index is 1.78. The Morgan fingerprint density at radius 3 is 2.56 bits per heavy atom. The lowest BCUT2D eigenvalue weighted by molar-refractivity contribution is -0.0621. The molecule has 0 saturated carbocycles. The van der Waals surface area contributed by atoms with E-state index in [1.165, 1.54) is 0 Å². The first kappa shape index (κ1) is 18.9. The SMILES string of the molecule is COC1(C)CCN(C(=O)OCc2ccccc2)C(c2ccc(C#N)cc2)C1. The zero-order valence-electron chi connectivity index (χ0n) is 15.7. The molecule has 0 aliphatic carbocycles. The number of likely N-dealkylation sites (tertiary alicyclic amines) is 1. The average molecular weight is 364 g/mol. The summed E-state index contributed by atoms with van der Waals surface area (Å²) in [5.41, 5.74) is 2.24. The predicted molar refractivity (Wildman–Crippen MR) is 102 cm³/mol. The van der Waals surface area contributed by atoms with Gasteiger partial charge in [0.2, 0.25) is 0 Å². The molecule has 2 atom stereocenters. The summed E-state index contributed by atoms with van der Waals surface area (Å²) >= 11 is 0. The highest BCUT2D eigenvalue weighted by Gasteiger charge is 2.40. The van der Waals surface area contributed by atoms with Gasteiger partial charge < -0.3 is 14.4 Å². The number of carbonyl (C=O) groups is 1. The fourth-order valence-electron chi connectivity index (χ4n) is 3.42. The topological polar surface area (TPSA) is 62.6 Å². The summed E-state index contributed by atoms with van der Waals surface area (Å²) in [5, 5.41) is 9.02. The molecular weight excluding hydrogens is 340 g/mol. The fourth-order valence-corrected chi connectivity index (χ4v) is 3.42. The third-order valence-electron chi connectivity index (χ3n) is 5.24. The van der Waals surface area contributed by atoms with E-state index in [0.717, 1.165) is 17.5 Å². The molecule has 2 aromatic rings. The van der Waals surface area contributed by atoms with Crippen molar-refractivity contribution in [1.29, 1.82) is 5.26 Å². The molecule has 1 amide bonds. The normalized spacial score (nSPS) is 22.1. The summed E-state index contributed by atoms with van der Waals surface area (Å²) in [6.45, 7) is 2.87. The summed E-state index contributed by atoms with van der Waals surface area (Å²) in [7, 11) is 1.71. The summed E-state index contributed by atoms with van der Waals surface area (Å²) in [5.74, 6) is 0. The van der Waals surface area contributed by atoms with Crippen LogP contribution in [0.2, 0.25) is 0 Å². The van der Waals surface area contributed by atoms with Crippen LogP contribution in [0.25, 0.3) is 0 Å². The Bertz CT molecular complexity index is 814. The van der Waals surface area contributed by atoms with Gasteiger partial charge in [-0.3, -0.25) is 0 Å². The van der Waals surface area contributed by atoms with Crippen molar-refractivity contribution >= 4 is 6.09 Å². The molecule has 1 fully saturated rings. The molecule has 5 nitrogen and oxygen atoms in total. The molecule has 140 valence electrons. The van der Waals surface area contributed by atoms with Gasteiger partial charge >= 0.3 is 6.09 Å². The molecule has 2 unspecified atom stereocenters. The zero-order valence-corrected chi connectivity index (χ0v) is 15.7. The second kappa shape index (κ2) is 8.24. The minimum Gasteiger partial charge on any atom is -0.445 e. The van der Waals surface area contributed by atoms with Crippen molar-refractivity contribution in [2.75, 3.05) is 13.7 Å². The van der Waals surface area contributed by atoms with Gasteiger partial charge in [0.05, 0.1) is 23.3 Å². The molecule has 27 heavy (non-hydrogen) atoms. The van der Waals surface area contributed by atoms with Crippen LogP contribution >= 0.6 is 0 Å². The lowest BCUT2D eigenvalue weighted by Gasteiger charge is -2.43. The Hall–Kier alpha value is -2.84. The molecular formula is C22H24N2O3. The highest BCUT2D eigenvalue weighted by atomic mass is 16.6. The molecule has 1 heterocycles. The summed E-state index contributed by atoms with van der Waals surface area (Å²) < 4.78 is 11.3. The van der Waals surface area contributed by atoms with Crippen molar-refractivity contribution < 1.29 is 14.3 Å². The van der Waals surface area contributed by atoms with Crippen LogP contribution in [0.3, 0.4) is 0 Å². The number of nitrogens with zero attached hydrogens (tertiary/aromatic N) is 2. The maximum absolute atomic E-state index is 12.8. The van der Waals surface area contributed by atoms with E-state index in [-0.39, 0.29) is 24.3 Å². The van der Waals surface area contributed by atoms with Crippen LogP contribution in [0.15, 0.2) is 54.6 Å². The lowest BCUT2D eigenvalue weighted by atomic mass is 9.84. The molecule has 0 bridgehead atoms. The number of hydrogen-bond acceptors (Lipinski definition) is 4. The van der Waals surface area contributed by atoms with E-state index in [9.17, 15) is 4.79 Å².